The van der Waals surface area contributed by atoms with Crippen molar-refractivity contribution < 1.29 is 22.3 Å². The fraction of sp³-hybridized carbons (Fsp3) is 0.222. The van der Waals surface area contributed by atoms with Crippen LogP contribution >= 0.6 is 15.9 Å². The molecule has 1 aromatic rings. The number of rotatable bonds is 3. The van der Waals surface area contributed by atoms with E-state index in [0.717, 1.165) is 12.1 Å². The van der Waals surface area contributed by atoms with Gasteiger partial charge in [-0.2, -0.15) is 0 Å². The number of nitrogens with two attached hydrogens (primary N) is 1. The Bertz CT molecular complexity index is 558. The van der Waals surface area contributed by atoms with E-state index in [-0.39, 0.29) is 16.0 Å². The second-order valence-corrected chi connectivity index (χ2v) is 5.41. The second kappa shape index (κ2) is 5.11. The SMILES string of the molecule is CCOC(=O)c1cc(S(N)(=O)=O)c(Br)cc1F. The van der Waals surface area contributed by atoms with E-state index in [9.17, 15) is 17.6 Å². The largest absolute Gasteiger partial charge is 0.462 e. The fourth-order valence-electron chi connectivity index (χ4n) is 1.11. The number of carbonyl (C=O) groups is 1. The Morgan fingerprint density at radius 1 is 1.53 bits per heavy atom. The van der Waals surface area contributed by atoms with Crippen molar-refractivity contribution in [3.05, 3.63) is 28.0 Å². The number of hydrogen-bond acceptors (Lipinski definition) is 4. The lowest BCUT2D eigenvalue weighted by Gasteiger charge is -2.07. The molecule has 0 aliphatic rings. The Balaban J connectivity index is 3.39. The molecule has 17 heavy (non-hydrogen) atoms. The topological polar surface area (TPSA) is 86.5 Å². The number of sulfonamides is 1. The number of primary sulfonamides is 1. The molecule has 0 amide bonds. The minimum Gasteiger partial charge on any atom is -0.462 e. The highest BCUT2D eigenvalue weighted by Crippen LogP contribution is 2.25. The minimum atomic E-state index is -4.04. The molecule has 94 valence electrons. The Morgan fingerprint density at radius 2 is 2.12 bits per heavy atom. The Hall–Kier alpha value is -0.990. The highest BCUT2D eigenvalue weighted by atomic mass is 79.9. The molecule has 8 heteroatoms. The van der Waals surface area contributed by atoms with Gasteiger partial charge in [0.25, 0.3) is 0 Å². The molecule has 0 saturated heterocycles. The zero-order valence-corrected chi connectivity index (χ0v) is 11.1. The first-order valence-corrected chi connectivity index (χ1v) is 6.80. The number of carbonyl (C=O) groups excluding carboxylic acids is 1. The lowest BCUT2D eigenvalue weighted by molar-refractivity contribution is 0.0520. The molecule has 0 aromatic heterocycles. The van der Waals surface area contributed by atoms with Crippen LogP contribution in [0.1, 0.15) is 17.3 Å². The summed E-state index contributed by atoms with van der Waals surface area (Å²) in [5.74, 6) is -1.83. The van der Waals surface area contributed by atoms with Gasteiger partial charge >= 0.3 is 5.97 Å². The molecule has 0 saturated carbocycles. The Kier molecular flexibility index (Phi) is 4.23. The number of hydrogen-bond donors (Lipinski definition) is 1. The molecule has 0 atom stereocenters. The standard InChI is InChI=1S/C9H9BrFNO4S/c1-2-16-9(13)5-3-8(17(12,14)15)6(10)4-7(5)11/h3-4H,2H2,1H3,(H2,12,14,15). The van der Waals surface area contributed by atoms with Crippen molar-refractivity contribution >= 4 is 31.9 Å². The van der Waals surface area contributed by atoms with Gasteiger partial charge < -0.3 is 4.74 Å². The van der Waals surface area contributed by atoms with E-state index in [4.69, 9.17) is 5.14 Å². The van der Waals surface area contributed by atoms with Crippen LogP contribution < -0.4 is 5.14 Å². The molecule has 1 aromatic carbocycles. The van der Waals surface area contributed by atoms with Gasteiger partial charge in [0.15, 0.2) is 0 Å². The van der Waals surface area contributed by atoms with Crippen LogP contribution in [0.3, 0.4) is 0 Å². The van der Waals surface area contributed by atoms with Gasteiger partial charge in [-0.05, 0) is 35.0 Å². The van der Waals surface area contributed by atoms with E-state index in [1.165, 1.54) is 0 Å². The van der Waals surface area contributed by atoms with Crippen molar-refractivity contribution in [3.8, 4) is 0 Å². The monoisotopic (exact) mass is 325 g/mol. The van der Waals surface area contributed by atoms with E-state index in [1.54, 1.807) is 6.92 Å². The van der Waals surface area contributed by atoms with Crippen molar-refractivity contribution in [1.82, 2.24) is 0 Å². The summed E-state index contributed by atoms with van der Waals surface area (Å²) in [5.41, 5.74) is -0.473. The van der Waals surface area contributed by atoms with Crippen LogP contribution in [0.2, 0.25) is 0 Å². The second-order valence-electron chi connectivity index (χ2n) is 3.03. The maximum absolute atomic E-state index is 13.4. The average molecular weight is 326 g/mol. The maximum Gasteiger partial charge on any atom is 0.341 e. The van der Waals surface area contributed by atoms with Gasteiger partial charge in [-0.3, -0.25) is 0 Å². The van der Waals surface area contributed by atoms with Crippen LogP contribution in [0, 0.1) is 5.82 Å². The number of halogens is 2. The van der Waals surface area contributed by atoms with Gasteiger partial charge in [0.05, 0.1) is 17.1 Å². The van der Waals surface area contributed by atoms with Gasteiger partial charge in [0.2, 0.25) is 10.0 Å². The summed E-state index contributed by atoms with van der Waals surface area (Å²) in [4.78, 5) is 11.0. The van der Waals surface area contributed by atoms with Crippen molar-refractivity contribution in [3.63, 3.8) is 0 Å². The van der Waals surface area contributed by atoms with E-state index < -0.39 is 27.4 Å². The predicted molar refractivity (Wildman–Crippen MR) is 61.4 cm³/mol. The quantitative estimate of drug-likeness (QED) is 0.851. The summed E-state index contributed by atoms with van der Waals surface area (Å²) in [6.07, 6.45) is 0. The predicted octanol–water partition coefficient (Wildman–Crippen LogP) is 1.41. The third-order valence-corrected chi connectivity index (χ3v) is 3.69. The molecular formula is C9H9BrFNO4S. The van der Waals surface area contributed by atoms with Crippen LogP contribution in [0.4, 0.5) is 4.39 Å². The van der Waals surface area contributed by atoms with E-state index in [2.05, 4.69) is 20.7 Å². The molecule has 0 heterocycles. The van der Waals surface area contributed by atoms with Gasteiger partial charge in [-0.25, -0.2) is 22.7 Å². The highest BCUT2D eigenvalue weighted by molar-refractivity contribution is 9.10. The van der Waals surface area contributed by atoms with E-state index in [1.807, 2.05) is 0 Å². The van der Waals surface area contributed by atoms with E-state index in [0.29, 0.717) is 0 Å². The first kappa shape index (κ1) is 14.1. The lowest BCUT2D eigenvalue weighted by Crippen LogP contribution is -2.15. The van der Waals surface area contributed by atoms with Crippen molar-refractivity contribution in [2.24, 2.45) is 5.14 Å². The summed E-state index contributed by atoms with van der Waals surface area (Å²) in [6.45, 7) is 1.61. The fourth-order valence-corrected chi connectivity index (χ4v) is 2.72. The Labute approximate surface area is 106 Å². The summed E-state index contributed by atoms with van der Waals surface area (Å²) < 4.78 is 40.3. The first-order valence-electron chi connectivity index (χ1n) is 4.46. The molecule has 2 N–H and O–H groups in total. The Morgan fingerprint density at radius 3 is 2.59 bits per heavy atom. The molecule has 0 aliphatic heterocycles. The molecule has 1 rings (SSSR count). The normalized spacial score (nSPS) is 11.3. The summed E-state index contributed by atoms with van der Waals surface area (Å²) in [7, 11) is -4.04. The third-order valence-electron chi connectivity index (χ3n) is 1.82. The average Bonchev–Trinajstić information content (AvgIpc) is 2.15. The van der Waals surface area contributed by atoms with Gasteiger partial charge in [-0.1, -0.05) is 0 Å². The number of esters is 1. The zero-order chi connectivity index (χ0) is 13.2. The lowest BCUT2D eigenvalue weighted by atomic mass is 10.2. The van der Waals surface area contributed by atoms with Crippen molar-refractivity contribution in [2.75, 3.05) is 6.61 Å². The van der Waals surface area contributed by atoms with Crippen molar-refractivity contribution in [2.45, 2.75) is 11.8 Å². The zero-order valence-electron chi connectivity index (χ0n) is 8.74. The summed E-state index contributed by atoms with van der Waals surface area (Å²) >= 11 is 2.85. The minimum absolute atomic E-state index is 0.0504. The van der Waals surface area contributed by atoms with Crippen LogP contribution in [0.5, 0.6) is 0 Å². The summed E-state index contributed by atoms with van der Waals surface area (Å²) in [6, 6.07) is 1.69. The number of benzene rings is 1. The molecule has 0 radical (unpaired) electrons. The van der Waals surface area contributed by atoms with Crippen LogP contribution in [-0.4, -0.2) is 21.0 Å². The molecular weight excluding hydrogens is 317 g/mol. The molecule has 5 nitrogen and oxygen atoms in total. The highest BCUT2D eigenvalue weighted by Gasteiger charge is 2.20. The molecule has 0 fully saturated rings. The van der Waals surface area contributed by atoms with Gasteiger partial charge in [0.1, 0.15) is 5.82 Å². The molecule has 0 spiro atoms. The molecule has 0 unspecified atom stereocenters. The van der Waals surface area contributed by atoms with Crippen molar-refractivity contribution in [1.29, 1.82) is 0 Å². The number of ether oxygens (including phenoxy) is 1. The van der Waals surface area contributed by atoms with Crippen LogP contribution in [0.25, 0.3) is 0 Å². The van der Waals surface area contributed by atoms with Gasteiger partial charge in [-0.15, -0.1) is 0 Å². The van der Waals surface area contributed by atoms with Gasteiger partial charge in [0, 0.05) is 4.47 Å². The van der Waals surface area contributed by atoms with Crippen LogP contribution in [-0.2, 0) is 14.8 Å². The first-order chi connectivity index (χ1) is 7.77. The smallest absolute Gasteiger partial charge is 0.341 e. The summed E-state index contributed by atoms with van der Waals surface area (Å²) in [5, 5.41) is 4.92. The van der Waals surface area contributed by atoms with E-state index >= 15 is 0 Å². The third kappa shape index (κ3) is 3.24. The maximum atomic E-state index is 13.4. The van der Waals surface area contributed by atoms with Crippen LogP contribution in [0.15, 0.2) is 21.5 Å². The molecule has 0 aliphatic carbocycles. The molecule has 0 bridgehead atoms.